The van der Waals surface area contributed by atoms with E-state index in [0.717, 1.165) is 12.8 Å². The maximum atomic E-state index is 11.7. The van der Waals surface area contributed by atoms with E-state index < -0.39 is 4.92 Å². The van der Waals surface area contributed by atoms with E-state index in [9.17, 15) is 14.9 Å². The van der Waals surface area contributed by atoms with Crippen molar-refractivity contribution in [3.63, 3.8) is 0 Å². The van der Waals surface area contributed by atoms with E-state index in [1.165, 1.54) is 12.1 Å². The van der Waals surface area contributed by atoms with Crippen molar-refractivity contribution in [1.29, 1.82) is 0 Å². The predicted molar refractivity (Wildman–Crippen MR) is 75.6 cm³/mol. The summed E-state index contributed by atoms with van der Waals surface area (Å²) >= 11 is 5.74. The Bertz CT molecular complexity index is 532. The molecule has 0 spiro atoms. The molecular weight excluding hydrogens is 282 g/mol. The number of nitro groups is 1. The molecule has 0 saturated heterocycles. The van der Waals surface area contributed by atoms with Crippen LogP contribution in [0.4, 0.5) is 5.69 Å². The number of carbonyl (C=O) groups excluding carboxylic acids is 1. The largest absolute Gasteiger partial charge is 0.352 e. The molecule has 6 nitrogen and oxygen atoms in total. The van der Waals surface area contributed by atoms with Gasteiger partial charge >= 0.3 is 0 Å². The van der Waals surface area contributed by atoms with Crippen LogP contribution in [0, 0.1) is 10.1 Å². The number of carbonyl (C=O) groups is 1. The average molecular weight is 298 g/mol. The third-order valence-corrected chi connectivity index (χ3v) is 3.46. The summed E-state index contributed by atoms with van der Waals surface area (Å²) in [5.41, 5.74) is 0.591. The van der Waals surface area contributed by atoms with Crippen LogP contribution in [-0.2, 0) is 11.3 Å². The molecule has 0 aliphatic heterocycles. The van der Waals surface area contributed by atoms with E-state index >= 15 is 0 Å². The SMILES string of the molecule is CC(NCc1ccc(Cl)c([N+](=O)[O-])c1)C(=O)NC1CC1. The minimum absolute atomic E-state index is 0.0454. The fourth-order valence-electron chi connectivity index (χ4n) is 1.73. The number of halogens is 1. The van der Waals surface area contributed by atoms with Crippen LogP contribution in [0.2, 0.25) is 5.02 Å². The molecule has 1 amide bonds. The van der Waals surface area contributed by atoms with Crippen LogP contribution >= 0.6 is 11.6 Å². The van der Waals surface area contributed by atoms with Gasteiger partial charge in [-0.15, -0.1) is 0 Å². The quantitative estimate of drug-likeness (QED) is 0.621. The normalized spacial score (nSPS) is 15.7. The van der Waals surface area contributed by atoms with Gasteiger partial charge in [0.1, 0.15) is 5.02 Å². The predicted octanol–water partition coefficient (Wildman–Crippen LogP) is 2.00. The second-order valence-electron chi connectivity index (χ2n) is 4.93. The molecule has 7 heteroatoms. The van der Waals surface area contributed by atoms with Gasteiger partial charge in [-0.3, -0.25) is 14.9 Å². The smallest absolute Gasteiger partial charge is 0.288 e. The number of hydrogen-bond donors (Lipinski definition) is 2. The monoisotopic (exact) mass is 297 g/mol. The van der Waals surface area contributed by atoms with E-state index in [1.807, 2.05) is 0 Å². The lowest BCUT2D eigenvalue weighted by atomic mass is 10.2. The van der Waals surface area contributed by atoms with Gasteiger partial charge < -0.3 is 10.6 Å². The van der Waals surface area contributed by atoms with Crippen LogP contribution in [0.15, 0.2) is 18.2 Å². The summed E-state index contributed by atoms with van der Waals surface area (Å²) in [6, 6.07) is 4.59. The number of nitrogens with zero attached hydrogens (tertiary/aromatic N) is 1. The van der Waals surface area contributed by atoms with Gasteiger partial charge in [0.15, 0.2) is 0 Å². The van der Waals surface area contributed by atoms with E-state index in [1.54, 1.807) is 13.0 Å². The fourth-order valence-corrected chi connectivity index (χ4v) is 1.91. The van der Waals surface area contributed by atoms with Crippen molar-refractivity contribution in [1.82, 2.24) is 10.6 Å². The summed E-state index contributed by atoms with van der Waals surface area (Å²) in [5, 5.41) is 16.8. The Kier molecular flexibility index (Phi) is 4.57. The van der Waals surface area contributed by atoms with E-state index in [2.05, 4.69) is 10.6 Å². The standard InChI is InChI=1S/C13H16ClN3O3/c1-8(13(18)16-10-3-4-10)15-7-9-2-5-11(14)12(6-9)17(19)20/h2,5-6,8,10,15H,3-4,7H2,1H3,(H,16,18). The summed E-state index contributed by atoms with van der Waals surface area (Å²) in [4.78, 5) is 22.0. The van der Waals surface area contributed by atoms with Gasteiger partial charge in [-0.2, -0.15) is 0 Å². The van der Waals surface area contributed by atoms with Gasteiger partial charge in [0.25, 0.3) is 5.69 Å². The molecule has 0 aromatic heterocycles. The fraction of sp³-hybridized carbons (Fsp3) is 0.462. The molecule has 1 saturated carbocycles. The van der Waals surface area contributed by atoms with Gasteiger partial charge in [-0.1, -0.05) is 17.7 Å². The zero-order valence-electron chi connectivity index (χ0n) is 11.1. The minimum Gasteiger partial charge on any atom is -0.352 e. The van der Waals surface area contributed by atoms with Gasteiger partial charge in [0.2, 0.25) is 5.91 Å². The maximum absolute atomic E-state index is 11.7. The first-order valence-corrected chi connectivity index (χ1v) is 6.81. The maximum Gasteiger partial charge on any atom is 0.288 e. The molecule has 20 heavy (non-hydrogen) atoms. The van der Waals surface area contributed by atoms with Crippen molar-refractivity contribution in [2.45, 2.75) is 38.4 Å². The lowest BCUT2D eigenvalue weighted by Gasteiger charge is -2.13. The Hall–Kier alpha value is -1.66. The highest BCUT2D eigenvalue weighted by Crippen LogP contribution is 2.25. The number of benzene rings is 1. The Balaban J connectivity index is 1.91. The van der Waals surface area contributed by atoms with Gasteiger partial charge in [0, 0.05) is 18.7 Å². The molecule has 1 unspecified atom stereocenters. The lowest BCUT2D eigenvalue weighted by molar-refractivity contribution is -0.384. The topological polar surface area (TPSA) is 84.3 Å². The summed E-state index contributed by atoms with van der Waals surface area (Å²) in [6.45, 7) is 2.14. The summed E-state index contributed by atoms with van der Waals surface area (Å²) in [7, 11) is 0. The molecule has 0 bridgehead atoms. The number of nitrogens with one attached hydrogen (secondary N) is 2. The number of nitro benzene ring substituents is 1. The van der Waals surface area contributed by atoms with Gasteiger partial charge in [0.05, 0.1) is 11.0 Å². The van der Waals surface area contributed by atoms with Crippen LogP contribution in [0.3, 0.4) is 0 Å². The highest BCUT2D eigenvalue weighted by molar-refractivity contribution is 6.32. The zero-order valence-corrected chi connectivity index (χ0v) is 11.8. The van der Waals surface area contributed by atoms with Crippen molar-refractivity contribution >= 4 is 23.2 Å². The second kappa shape index (κ2) is 6.19. The first kappa shape index (κ1) is 14.7. The third-order valence-electron chi connectivity index (χ3n) is 3.14. The van der Waals surface area contributed by atoms with Crippen molar-refractivity contribution in [2.75, 3.05) is 0 Å². The first-order chi connectivity index (χ1) is 9.47. The third kappa shape index (κ3) is 3.91. The van der Waals surface area contributed by atoms with Crippen LogP contribution in [0.25, 0.3) is 0 Å². The van der Waals surface area contributed by atoms with Crippen LogP contribution in [0.1, 0.15) is 25.3 Å². The minimum atomic E-state index is -0.519. The second-order valence-corrected chi connectivity index (χ2v) is 5.34. The molecule has 0 heterocycles. The molecule has 2 N–H and O–H groups in total. The summed E-state index contributed by atoms with van der Waals surface area (Å²) in [6.07, 6.45) is 2.09. The Morgan fingerprint density at radius 3 is 2.85 bits per heavy atom. The van der Waals surface area contributed by atoms with Crippen molar-refractivity contribution in [2.24, 2.45) is 0 Å². The number of rotatable bonds is 6. The van der Waals surface area contributed by atoms with Crippen molar-refractivity contribution in [3.8, 4) is 0 Å². The number of hydrogen-bond acceptors (Lipinski definition) is 4. The molecule has 1 atom stereocenters. The summed E-state index contributed by atoms with van der Waals surface area (Å²) in [5.74, 6) is -0.0454. The molecule has 1 fully saturated rings. The molecular formula is C13H16ClN3O3. The molecule has 1 aromatic rings. The van der Waals surface area contributed by atoms with E-state index in [-0.39, 0.29) is 22.7 Å². The molecule has 0 radical (unpaired) electrons. The first-order valence-electron chi connectivity index (χ1n) is 6.44. The molecule has 1 aromatic carbocycles. The Labute approximate surface area is 121 Å². The Morgan fingerprint density at radius 1 is 1.55 bits per heavy atom. The van der Waals surface area contributed by atoms with Crippen LogP contribution in [-0.4, -0.2) is 22.9 Å². The average Bonchev–Trinajstić information content (AvgIpc) is 3.20. The molecule has 108 valence electrons. The van der Waals surface area contributed by atoms with Crippen LogP contribution in [0.5, 0.6) is 0 Å². The van der Waals surface area contributed by atoms with E-state index in [4.69, 9.17) is 11.6 Å². The Morgan fingerprint density at radius 2 is 2.25 bits per heavy atom. The molecule has 2 rings (SSSR count). The highest BCUT2D eigenvalue weighted by atomic mass is 35.5. The van der Waals surface area contributed by atoms with Crippen molar-refractivity contribution in [3.05, 3.63) is 38.9 Å². The summed E-state index contributed by atoms with van der Waals surface area (Å²) < 4.78 is 0. The van der Waals surface area contributed by atoms with Crippen molar-refractivity contribution < 1.29 is 9.72 Å². The van der Waals surface area contributed by atoms with Gasteiger partial charge in [-0.25, -0.2) is 0 Å². The number of amides is 1. The van der Waals surface area contributed by atoms with E-state index in [0.29, 0.717) is 18.2 Å². The van der Waals surface area contributed by atoms with Crippen LogP contribution < -0.4 is 10.6 Å². The molecule has 1 aliphatic carbocycles. The zero-order chi connectivity index (χ0) is 14.7. The van der Waals surface area contributed by atoms with Gasteiger partial charge in [-0.05, 0) is 31.4 Å². The lowest BCUT2D eigenvalue weighted by Crippen LogP contribution is -2.42. The molecule has 1 aliphatic rings. The highest BCUT2D eigenvalue weighted by Gasteiger charge is 2.25.